The van der Waals surface area contributed by atoms with Crippen LogP contribution in [0.5, 0.6) is 0 Å². The molecule has 3 aliphatic rings. The normalized spacial score (nSPS) is 22.7. The standard InChI is InChI=1S/C22H37N7O/c1-18(21(30)27-10-5-6-11-27)26-13-15-28(16-14-26)22(23-2)24-17-19-9-12-29(25-19)20-7-3-4-8-20/h9,12,18,20H,3-8,10-11,13-17H2,1-2H3,(H,23,24). The second-order valence-corrected chi connectivity index (χ2v) is 8.86. The molecule has 3 heterocycles. The molecular weight excluding hydrogens is 378 g/mol. The molecule has 1 amide bonds. The van der Waals surface area contributed by atoms with Crippen LogP contribution in [-0.4, -0.2) is 88.7 Å². The minimum Gasteiger partial charge on any atom is -0.351 e. The van der Waals surface area contributed by atoms with Gasteiger partial charge < -0.3 is 15.1 Å². The molecule has 3 fully saturated rings. The first-order valence-electron chi connectivity index (χ1n) is 11.7. The fourth-order valence-corrected chi connectivity index (χ4v) is 5.02. The largest absolute Gasteiger partial charge is 0.351 e. The quantitative estimate of drug-likeness (QED) is 0.586. The topological polar surface area (TPSA) is 69.0 Å². The third kappa shape index (κ3) is 4.79. The number of carbonyl (C=O) groups is 1. The van der Waals surface area contributed by atoms with Gasteiger partial charge in [-0.25, -0.2) is 0 Å². The molecule has 1 aromatic heterocycles. The summed E-state index contributed by atoms with van der Waals surface area (Å²) in [4.78, 5) is 23.8. The van der Waals surface area contributed by atoms with Crippen LogP contribution in [0.1, 0.15) is 57.2 Å². The molecule has 30 heavy (non-hydrogen) atoms. The minimum atomic E-state index is -0.0280. The molecule has 0 spiro atoms. The number of piperazine rings is 1. The predicted molar refractivity (Wildman–Crippen MR) is 118 cm³/mol. The number of likely N-dealkylation sites (tertiary alicyclic amines) is 1. The molecule has 2 aliphatic heterocycles. The van der Waals surface area contributed by atoms with Crippen molar-refractivity contribution in [3.63, 3.8) is 0 Å². The van der Waals surface area contributed by atoms with E-state index in [9.17, 15) is 4.79 Å². The first-order valence-corrected chi connectivity index (χ1v) is 11.7. The lowest BCUT2D eigenvalue weighted by molar-refractivity contribution is -0.135. The van der Waals surface area contributed by atoms with Crippen LogP contribution in [0.3, 0.4) is 0 Å². The minimum absolute atomic E-state index is 0.0280. The van der Waals surface area contributed by atoms with Crippen LogP contribution >= 0.6 is 0 Å². The van der Waals surface area contributed by atoms with E-state index in [2.05, 4.69) is 44.0 Å². The highest BCUT2D eigenvalue weighted by Crippen LogP contribution is 2.28. The summed E-state index contributed by atoms with van der Waals surface area (Å²) in [5.74, 6) is 1.21. The summed E-state index contributed by atoms with van der Waals surface area (Å²) in [6.45, 7) is 8.14. The van der Waals surface area contributed by atoms with Crippen LogP contribution < -0.4 is 5.32 Å². The molecule has 1 atom stereocenters. The van der Waals surface area contributed by atoms with Gasteiger partial charge in [0.2, 0.25) is 5.91 Å². The van der Waals surface area contributed by atoms with E-state index >= 15 is 0 Å². The number of nitrogens with one attached hydrogen (secondary N) is 1. The molecule has 0 radical (unpaired) electrons. The highest BCUT2D eigenvalue weighted by atomic mass is 16.2. The fraction of sp³-hybridized carbons (Fsp3) is 0.773. The number of carbonyl (C=O) groups excluding carboxylic acids is 1. The number of nitrogens with zero attached hydrogens (tertiary/aromatic N) is 6. The third-order valence-electron chi connectivity index (χ3n) is 6.94. The number of amides is 1. The van der Waals surface area contributed by atoms with Crippen LogP contribution in [0.25, 0.3) is 0 Å². The van der Waals surface area contributed by atoms with Crippen molar-refractivity contribution in [3.8, 4) is 0 Å². The summed E-state index contributed by atoms with van der Waals surface area (Å²) >= 11 is 0. The summed E-state index contributed by atoms with van der Waals surface area (Å²) in [7, 11) is 1.84. The Balaban J connectivity index is 1.24. The Bertz CT molecular complexity index is 726. The Morgan fingerprint density at radius 1 is 1.10 bits per heavy atom. The molecular formula is C22H37N7O. The SMILES string of the molecule is CN=C(NCc1ccn(C2CCCC2)n1)N1CCN(C(C)C(=O)N2CCCC2)CC1. The Kier molecular flexibility index (Phi) is 6.92. The predicted octanol–water partition coefficient (Wildman–Crippen LogP) is 1.70. The number of hydrogen-bond donors (Lipinski definition) is 1. The lowest BCUT2D eigenvalue weighted by atomic mass is 10.2. The van der Waals surface area contributed by atoms with E-state index in [0.717, 1.165) is 63.8 Å². The van der Waals surface area contributed by atoms with Gasteiger partial charge in [0, 0.05) is 52.5 Å². The molecule has 2 saturated heterocycles. The van der Waals surface area contributed by atoms with Crippen molar-refractivity contribution in [3.05, 3.63) is 18.0 Å². The van der Waals surface area contributed by atoms with Gasteiger partial charge in [-0.3, -0.25) is 19.4 Å². The molecule has 4 rings (SSSR count). The number of rotatable bonds is 5. The van der Waals surface area contributed by atoms with E-state index in [-0.39, 0.29) is 6.04 Å². The highest BCUT2D eigenvalue weighted by molar-refractivity contribution is 5.82. The summed E-state index contributed by atoms with van der Waals surface area (Å²) in [6, 6.07) is 2.67. The highest BCUT2D eigenvalue weighted by Gasteiger charge is 2.30. The van der Waals surface area contributed by atoms with E-state index in [1.54, 1.807) is 0 Å². The summed E-state index contributed by atoms with van der Waals surface area (Å²) < 4.78 is 2.14. The molecule has 0 bridgehead atoms. The monoisotopic (exact) mass is 415 g/mol. The van der Waals surface area contributed by atoms with Crippen molar-refractivity contribution >= 4 is 11.9 Å². The average Bonchev–Trinajstić information content (AvgIpc) is 3.56. The van der Waals surface area contributed by atoms with Gasteiger partial charge in [-0.15, -0.1) is 0 Å². The van der Waals surface area contributed by atoms with E-state index in [1.807, 2.05) is 11.9 Å². The average molecular weight is 416 g/mol. The zero-order valence-corrected chi connectivity index (χ0v) is 18.6. The number of guanidine groups is 1. The lowest BCUT2D eigenvalue weighted by Crippen LogP contribution is -2.57. The first kappa shape index (κ1) is 21.2. The Labute approximate surface area is 180 Å². The van der Waals surface area contributed by atoms with E-state index in [1.165, 1.54) is 25.7 Å². The Hall–Kier alpha value is -2.09. The van der Waals surface area contributed by atoms with Crippen LogP contribution in [0, 0.1) is 0 Å². The zero-order chi connectivity index (χ0) is 20.9. The van der Waals surface area contributed by atoms with Crippen molar-refractivity contribution in [2.24, 2.45) is 4.99 Å². The van der Waals surface area contributed by atoms with Gasteiger partial charge in [-0.05, 0) is 38.7 Å². The number of aromatic nitrogens is 2. The van der Waals surface area contributed by atoms with Crippen molar-refractivity contribution < 1.29 is 4.79 Å². The van der Waals surface area contributed by atoms with Gasteiger partial charge in [-0.1, -0.05) is 12.8 Å². The van der Waals surface area contributed by atoms with Crippen molar-refractivity contribution in [1.82, 2.24) is 29.8 Å². The molecule has 1 aromatic rings. The first-order chi connectivity index (χ1) is 14.7. The van der Waals surface area contributed by atoms with E-state index in [4.69, 9.17) is 5.10 Å². The van der Waals surface area contributed by atoms with Gasteiger partial charge in [0.25, 0.3) is 0 Å². The van der Waals surface area contributed by atoms with Crippen LogP contribution in [0.4, 0.5) is 0 Å². The van der Waals surface area contributed by atoms with E-state index in [0.29, 0.717) is 18.5 Å². The molecule has 1 aliphatic carbocycles. The Morgan fingerprint density at radius 2 is 1.80 bits per heavy atom. The van der Waals surface area contributed by atoms with Crippen LogP contribution in [-0.2, 0) is 11.3 Å². The smallest absolute Gasteiger partial charge is 0.239 e. The molecule has 8 nitrogen and oxygen atoms in total. The van der Waals surface area contributed by atoms with E-state index < -0.39 is 0 Å². The second kappa shape index (κ2) is 9.81. The number of hydrogen-bond acceptors (Lipinski definition) is 4. The van der Waals surface area contributed by atoms with Gasteiger partial charge in [0.1, 0.15) is 0 Å². The molecule has 0 aromatic carbocycles. The van der Waals surface area contributed by atoms with Gasteiger partial charge in [-0.2, -0.15) is 5.10 Å². The fourth-order valence-electron chi connectivity index (χ4n) is 5.02. The maximum atomic E-state index is 12.7. The summed E-state index contributed by atoms with van der Waals surface area (Å²) in [6.07, 6.45) is 9.55. The van der Waals surface area contributed by atoms with Crippen molar-refractivity contribution in [2.45, 2.75) is 64.1 Å². The summed E-state index contributed by atoms with van der Waals surface area (Å²) in [5.41, 5.74) is 1.06. The molecule has 1 unspecified atom stereocenters. The molecule has 8 heteroatoms. The van der Waals surface area contributed by atoms with Gasteiger partial charge in [0.05, 0.1) is 24.3 Å². The molecule has 1 N–H and O–H groups in total. The van der Waals surface area contributed by atoms with Crippen LogP contribution in [0.15, 0.2) is 17.3 Å². The molecule has 1 saturated carbocycles. The van der Waals surface area contributed by atoms with Gasteiger partial charge >= 0.3 is 0 Å². The zero-order valence-electron chi connectivity index (χ0n) is 18.6. The van der Waals surface area contributed by atoms with Crippen molar-refractivity contribution in [2.75, 3.05) is 46.3 Å². The Morgan fingerprint density at radius 3 is 2.47 bits per heavy atom. The molecule has 166 valence electrons. The maximum absolute atomic E-state index is 12.7. The lowest BCUT2D eigenvalue weighted by Gasteiger charge is -2.39. The number of aliphatic imine (C=N–C) groups is 1. The third-order valence-corrected chi connectivity index (χ3v) is 6.94. The summed E-state index contributed by atoms with van der Waals surface area (Å²) in [5, 5.41) is 8.24. The van der Waals surface area contributed by atoms with Crippen molar-refractivity contribution in [1.29, 1.82) is 0 Å². The second-order valence-electron chi connectivity index (χ2n) is 8.86. The van der Waals surface area contributed by atoms with Gasteiger partial charge in [0.15, 0.2) is 5.96 Å². The van der Waals surface area contributed by atoms with Crippen LogP contribution in [0.2, 0.25) is 0 Å². The maximum Gasteiger partial charge on any atom is 0.239 e.